The zero-order valence-electron chi connectivity index (χ0n) is 10.4. The number of rotatable bonds is 3. The van der Waals surface area contributed by atoms with Crippen LogP contribution in [0.15, 0.2) is 17.0 Å². The van der Waals surface area contributed by atoms with Crippen molar-refractivity contribution in [2.24, 2.45) is 7.05 Å². The molecule has 0 radical (unpaired) electrons. The van der Waals surface area contributed by atoms with E-state index in [9.17, 15) is 9.59 Å². The van der Waals surface area contributed by atoms with Crippen molar-refractivity contribution in [3.05, 3.63) is 28.4 Å². The molecular weight excluding hydrogens is 284 g/mol. The molecule has 100 valence electrons. The van der Waals surface area contributed by atoms with E-state index in [2.05, 4.69) is 0 Å². The van der Waals surface area contributed by atoms with E-state index in [-0.39, 0.29) is 11.6 Å². The Hall–Kier alpha value is -1.60. The van der Waals surface area contributed by atoms with Gasteiger partial charge in [0.05, 0.1) is 4.91 Å². The summed E-state index contributed by atoms with van der Waals surface area (Å²) in [7, 11) is 1.65. The third-order valence-electron chi connectivity index (χ3n) is 2.85. The molecule has 5 nitrogen and oxygen atoms in total. The first-order chi connectivity index (χ1) is 8.95. The van der Waals surface area contributed by atoms with Gasteiger partial charge >= 0.3 is 5.97 Å². The Bertz CT molecular complexity index is 604. The van der Waals surface area contributed by atoms with Crippen LogP contribution in [0, 0.1) is 0 Å². The molecule has 0 unspecified atom stereocenters. The molecule has 2 rings (SSSR count). The van der Waals surface area contributed by atoms with Crippen LogP contribution in [0.2, 0.25) is 0 Å². The summed E-state index contributed by atoms with van der Waals surface area (Å²) < 4.78 is 2.06. The predicted molar refractivity (Wildman–Crippen MR) is 77.9 cm³/mol. The van der Waals surface area contributed by atoms with Crippen LogP contribution in [0.5, 0.6) is 0 Å². The summed E-state index contributed by atoms with van der Waals surface area (Å²) in [5, 5.41) is 8.97. The molecule has 0 spiro atoms. The number of carboxylic acids is 1. The molecule has 0 aliphatic carbocycles. The van der Waals surface area contributed by atoms with Gasteiger partial charge in [0.15, 0.2) is 0 Å². The van der Waals surface area contributed by atoms with Gasteiger partial charge in [-0.1, -0.05) is 24.0 Å². The van der Waals surface area contributed by atoms with Crippen molar-refractivity contribution in [1.29, 1.82) is 0 Å². The minimum absolute atomic E-state index is 0.129. The van der Waals surface area contributed by atoms with Crippen molar-refractivity contribution < 1.29 is 14.7 Å². The van der Waals surface area contributed by atoms with Crippen molar-refractivity contribution in [2.75, 3.05) is 6.54 Å². The van der Waals surface area contributed by atoms with Gasteiger partial charge in [-0.05, 0) is 25.1 Å². The fourth-order valence-electron chi connectivity index (χ4n) is 1.79. The number of carbonyl (C=O) groups is 2. The Morgan fingerprint density at radius 2 is 2.21 bits per heavy atom. The summed E-state index contributed by atoms with van der Waals surface area (Å²) in [6.45, 7) is 2.40. The summed E-state index contributed by atoms with van der Waals surface area (Å²) in [6, 6.07) is 3.18. The summed E-state index contributed by atoms with van der Waals surface area (Å²) in [5.74, 6) is -1.13. The number of thiocarbonyl (C=S) groups is 1. The van der Waals surface area contributed by atoms with Gasteiger partial charge in [0.2, 0.25) is 0 Å². The number of aromatic nitrogens is 1. The van der Waals surface area contributed by atoms with Crippen LogP contribution in [0.1, 0.15) is 23.1 Å². The van der Waals surface area contributed by atoms with Gasteiger partial charge < -0.3 is 9.67 Å². The van der Waals surface area contributed by atoms with E-state index >= 15 is 0 Å². The lowest BCUT2D eigenvalue weighted by Crippen LogP contribution is -2.27. The average molecular weight is 296 g/mol. The molecule has 0 atom stereocenters. The zero-order valence-corrected chi connectivity index (χ0v) is 12.0. The Balaban J connectivity index is 2.35. The van der Waals surface area contributed by atoms with Crippen molar-refractivity contribution in [3.63, 3.8) is 0 Å². The number of thioether (sulfide) groups is 1. The summed E-state index contributed by atoms with van der Waals surface area (Å²) in [6.07, 6.45) is 1.67. The quantitative estimate of drug-likeness (QED) is 0.682. The standard InChI is InChI=1S/C12H12N2O3S2/c1-3-14-10(15)9(19-12(14)18)6-7-4-5-8(11(16)17)13(7)2/h4-6H,3H2,1-2H3,(H,16,17)/b9-6+. The summed E-state index contributed by atoms with van der Waals surface area (Å²) >= 11 is 6.35. The number of hydrogen-bond donors (Lipinski definition) is 1. The lowest BCUT2D eigenvalue weighted by atomic mass is 10.3. The number of likely N-dealkylation sites (N-methyl/N-ethyl adjacent to an activating group) is 1. The Kier molecular flexibility index (Phi) is 3.77. The van der Waals surface area contributed by atoms with Gasteiger partial charge in [0.25, 0.3) is 5.91 Å². The lowest BCUT2D eigenvalue weighted by Gasteiger charge is -2.09. The van der Waals surface area contributed by atoms with Crippen LogP contribution in [0.4, 0.5) is 0 Å². The topological polar surface area (TPSA) is 62.5 Å². The number of nitrogens with zero attached hydrogens (tertiary/aromatic N) is 2. The molecule has 0 bridgehead atoms. The second-order valence-corrected chi connectivity index (χ2v) is 5.61. The van der Waals surface area contributed by atoms with Crippen LogP contribution in [0.25, 0.3) is 6.08 Å². The first kappa shape index (κ1) is 13.8. The highest BCUT2D eigenvalue weighted by Crippen LogP contribution is 2.32. The second-order valence-electron chi connectivity index (χ2n) is 3.93. The largest absolute Gasteiger partial charge is 0.477 e. The van der Waals surface area contributed by atoms with E-state index in [0.717, 1.165) is 0 Å². The van der Waals surface area contributed by atoms with Crippen molar-refractivity contribution in [2.45, 2.75) is 6.92 Å². The van der Waals surface area contributed by atoms with E-state index in [1.165, 1.54) is 27.3 Å². The smallest absolute Gasteiger partial charge is 0.352 e. The maximum absolute atomic E-state index is 12.0. The van der Waals surface area contributed by atoms with Crippen molar-refractivity contribution in [3.8, 4) is 0 Å². The fourth-order valence-corrected chi connectivity index (χ4v) is 3.16. The molecule has 1 N–H and O–H groups in total. The third kappa shape index (κ3) is 2.43. The lowest BCUT2D eigenvalue weighted by molar-refractivity contribution is -0.121. The Morgan fingerprint density at radius 3 is 2.68 bits per heavy atom. The molecule has 1 aromatic heterocycles. The zero-order chi connectivity index (χ0) is 14.2. The van der Waals surface area contributed by atoms with E-state index in [1.54, 1.807) is 19.2 Å². The van der Waals surface area contributed by atoms with Crippen LogP contribution < -0.4 is 0 Å². The van der Waals surface area contributed by atoms with E-state index < -0.39 is 5.97 Å². The first-order valence-electron chi connectivity index (χ1n) is 5.60. The highest BCUT2D eigenvalue weighted by molar-refractivity contribution is 8.26. The van der Waals surface area contributed by atoms with Crippen molar-refractivity contribution in [1.82, 2.24) is 9.47 Å². The molecule has 7 heteroatoms. The van der Waals surface area contributed by atoms with Gasteiger partial charge in [-0.3, -0.25) is 9.69 Å². The van der Waals surface area contributed by atoms with E-state index in [1.807, 2.05) is 6.92 Å². The van der Waals surface area contributed by atoms with Gasteiger partial charge in [-0.25, -0.2) is 4.79 Å². The molecule has 1 amide bonds. The Morgan fingerprint density at radius 1 is 1.53 bits per heavy atom. The van der Waals surface area contributed by atoms with Gasteiger partial charge in [-0.2, -0.15) is 0 Å². The first-order valence-corrected chi connectivity index (χ1v) is 6.82. The maximum atomic E-state index is 12.0. The summed E-state index contributed by atoms with van der Waals surface area (Å²) in [5.41, 5.74) is 0.839. The Labute approximate surface area is 119 Å². The van der Waals surface area contributed by atoms with Crippen LogP contribution in [-0.4, -0.2) is 37.3 Å². The number of carboxylic acid groups (broad SMARTS) is 1. The molecule has 1 fully saturated rings. The highest BCUT2D eigenvalue weighted by atomic mass is 32.2. The molecule has 1 saturated heterocycles. The molecule has 0 saturated carbocycles. The minimum Gasteiger partial charge on any atom is -0.477 e. The normalized spacial score (nSPS) is 17.6. The number of carbonyl (C=O) groups excluding carboxylic acids is 1. The van der Waals surface area contributed by atoms with E-state index in [4.69, 9.17) is 17.3 Å². The second kappa shape index (κ2) is 5.18. The number of amides is 1. The minimum atomic E-state index is -0.997. The van der Waals surface area contributed by atoms with Gasteiger partial charge in [-0.15, -0.1) is 0 Å². The van der Waals surface area contributed by atoms with Crippen LogP contribution in [-0.2, 0) is 11.8 Å². The molecule has 19 heavy (non-hydrogen) atoms. The van der Waals surface area contributed by atoms with Crippen molar-refractivity contribution >= 4 is 46.3 Å². The molecule has 0 aromatic carbocycles. The monoisotopic (exact) mass is 296 g/mol. The van der Waals surface area contributed by atoms with Gasteiger partial charge in [0, 0.05) is 19.3 Å². The number of hydrogen-bond acceptors (Lipinski definition) is 4. The fraction of sp³-hybridized carbons (Fsp3) is 0.250. The molecule has 2 heterocycles. The van der Waals surface area contributed by atoms with Gasteiger partial charge in [0.1, 0.15) is 10.0 Å². The highest BCUT2D eigenvalue weighted by Gasteiger charge is 2.30. The molecule has 1 aliphatic heterocycles. The molecular formula is C12H12N2O3S2. The average Bonchev–Trinajstić information content (AvgIpc) is 2.82. The van der Waals surface area contributed by atoms with Crippen LogP contribution >= 0.6 is 24.0 Å². The van der Waals surface area contributed by atoms with E-state index in [0.29, 0.717) is 21.5 Å². The number of aromatic carboxylic acids is 1. The van der Waals surface area contributed by atoms with Crippen LogP contribution in [0.3, 0.4) is 0 Å². The summed E-state index contributed by atoms with van der Waals surface area (Å²) in [4.78, 5) is 25.0. The third-order valence-corrected chi connectivity index (χ3v) is 4.23. The predicted octanol–water partition coefficient (Wildman–Crippen LogP) is 1.94. The SMILES string of the molecule is CCN1C(=O)/C(=C\c2ccc(C(=O)O)n2C)SC1=S. The molecule has 1 aromatic rings. The molecule has 1 aliphatic rings. The maximum Gasteiger partial charge on any atom is 0.352 e.